The highest BCUT2D eigenvalue weighted by molar-refractivity contribution is 5.93. The topological polar surface area (TPSA) is 132 Å². The third-order valence-electron chi connectivity index (χ3n) is 5.47. The summed E-state index contributed by atoms with van der Waals surface area (Å²) in [5.74, 6) is 1.95. The Morgan fingerprint density at radius 2 is 2.06 bits per heavy atom. The smallest absolute Gasteiger partial charge is 0.449 e. The standard InChI is InChI=1S/C23H18F3N5O4/c1-12-3-4-14(19-29-16-10-28-8-6-15(16)18(27)30-19)9-13(12)5-7-22(34)17(11-31(2)20(22)32)35-21(33)23(24,25)26/h3-4,6,8-10,17,34H,11H2,1-2H3,(H2,27,29,30)/t17?,22-/m1/s1. The molecule has 1 amide bonds. The Hall–Kier alpha value is -4.24. The number of aryl methyl sites for hydroxylation is 1. The maximum Gasteiger partial charge on any atom is 0.490 e. The number of rotatable bonds is 2. The number of carbonyl (C=O) groups excluding carboxylic acids is 2. The summed E-state index contributed by atoms with van der Waals surface area (Å²) in [4.78, 5) is 37.5. The van der Waals surface area contributed by atoms with Crippen molar-refractivity contribution >= 4 is 28.6 Å². The van der Waals surface area contributed by atoms with E-state index in [1.807, 2.05) is 0 Å². The van der Waals surface area contributed by atoms with Crippen molar-refractivity contribution in [3.05, 3.63) is 47.8 Å². The van der Waals surface area contributed by atoms with Gasteiger partial charge in [0.05, 0.1) is 18.3 Å². The van der Waals surface area contributed by atoms with Crippen molar-refractivity contribution in [1.29, 1.82) is 0 Å². The van der Waals surface area contributed by atoms with Crippen molar-refractivity contribution in [2.75, 3.05) is 19.3 Å². The number of fused-ring (bicyclic) bond motifs is 1. The van der Waals surface area contributed by atoms with Gasteiger partial charge in [-0.2, -0.15) is 13.2 Å². The molecule has 0 radical (unpaired) electrons. The van der Waals surface area contributed by atoms with Crippen LogP contribution in [-0.2, 0) is 14.3 Å². The lowest BCUT2D eigenvalue weighted by Gasteiger charge is -2.21. The highest BCUT2D eigenvalue weighted by atomic mass is 19.4. The molecule has 4 rings (SSSR count). The molecule has 2 aromatic heterocycles. The van der Waals surface area contributed by atoms with Gasteiger partial charge in [-0.25, -0.2) is 14.8 Å². The second-order valence-electron chi connectivity index (χ2n) is 7.95. The Morgan fingerprint density at radius 3 is 2.77 bits per heavy atom. The van der Waals surface area contributed by atoms with E-state index in [4.69, 9.17) is 5.73 Å². The van der Waals surface area contributed by atoms with Gasteiger partial charge in [0, 0.05) is 29.8 Å². The average molecular weight is 485 g/mol. The van der Waals surface area contributed by atoms with Gasteiger partial charge >= 0.3 is 12.1 Å². The zero-order chi connectivity index (χ0) is 25.5. The van der Waals surface area contributed by atoms with Gasteiger partial charge in [0.2, 0.25) is 5.60 Å². The molecule has 1 aliphatic rings. The van der Waals surface area contributed by atoms with Gasteiger partial charge in [-0.05, 0) is 30.5 Å². The van der Waals surface area contributed by atoms with Gasteiger partial charge in [-0.1, -0.05) is 18.1 Å². The largest absolute Gasteiger partial charge is 0.490 e. The van der Waals surface area contributed by atoms with E-state index in [2.05, 4.69) is 31.5 Å². The Kier molecular flexibility index (Phi) is 5.82. The van der Waals surface area contributed by atoms with Crippen LogP contribution >= 0.6 is 0 Å². The zero-order valence-corrected chi connectivity index (χ0v) is 18.4. The van der Waals surface area contributed by atoms with E-state index < -0.39 is 36.3 Å². The second kappa shape index (κ2) is 8.52. The fraction of sp³-hybridized carbons (Fsp3) is 0.261. The van der Waals surface area contributed by atoms with E-state index in [0.29, 0.717) is 27.6 Å². The van der Waals surface area contributed by atoms with Crippen LogP contribution in [0.4, 0.5) is 19.0 Å². The molecule has 9 nitrogen and oxygen atoms in total. The summed E-state index contributed by atoms with van der Waals surface area (Å²) in [5.41, 5.74) is 5.39. The van der Waals surface area contributed by atoms with Crippen molar-refractivity contribution in [3.63, 3.8) is 0 Å². The zero-order valence-electron chi connectivity index (χ0n) is 18.4. The molecule has 3 N–H and O–H groups in total. The molecule has 0 aliphatic carbocycles. The summed E-state index contributed by atoms with van der Waals surface area (Å²) in [5, 5.41) is 11.5. The number of aliphatic hydroxyl groups is 1. The number of nitrogens with zero attached hydrogens (tertiary/aromatic N) is 4. The summed E-state index contributed by atoms with van der Waals surface area (Å²) < 4.78 is 42.4. The number of halogens is 3. The molecule has 2 atom stereocenters. The summed E-state index contributed by atoms with van der Waals surface area (Å²) in [6.45, 7) is 1.25. The van der Waals surface area contributed by atoms with Gasteiger partial charge in [0.25, 0.3) is 5.91 Å². The highest BCUT2D eigenvalue weighted by Crippen LogP contribution is 2.29. The van der Waals surface area contributed by atoms with Crippen LogP contribution in [0.15, 0.2) is 36.7 Å². The first kappa shape index (κ1) is 23.9. The van der Waals surface area contributed by atoms with Crippen LogP contribution in [0, 0.1) is 18.8 Å². The van der Waals surface area contributed by atoms with Crippen LogP contribution in [0.25, 0.3) is 22.3 Å². The minimum atomic E-state index is -5.29. The van der Waals surface area contributed by atoms with Gasteiger partial charge < -0.3 is 20.5 Å². The third-order valence-corrected chi connectivity index (χ3v) is 5.47. The monoisotopic (exact) mass is 485 g/mol. The molecule has 1 aliphatic heterocycles. The summed E-state index contributed by atoms with van der Waals surface area (Å²) in [7, 11) is 1.25. The highest BCUT2D eigenvalue weighted by Gasteiger charge is 2.56. The fourth-order valence-electron chi connectivity index (χ4n) is 3.54. The molecule has 3 heterocycles. The lowest BCUT2D eigenvalue weighted by Crippen LogP contribution is -2.47. The van der Waals surface area contributed by atoms with Gasteiger partial charge in [-0.15, -0.1) is 0 Å². The quantitative estimate of drug-likeness (QED) is 0.414. The Morgan fingerprint density at radius 1 is 1.31 bits per heavy atom. The second-order valence-corrected chi connectivity index (χ2v) is 7.95. The molecule has 12 heteroatoms. The van der Waals surface area contributed by atoms with E-state index in [0.717, 1.165) is 4.90 Å². The normalized spacial score (nSPS) is 20.0. The number of nitrogens with two attached hydrogens (primary N) is 1. The van der Waals surface area contributed by atoms with Gasteiger partial charge in [-0.3, -0.25) is 9.78 Å². The molecule has 1 saturated heterocycles. The van der Waals surface area contributed by atoms with Crippen LogP contribution in [0.5, 0.6) is 0 Å². The van der Waals surface area contributed by atoms with Crippen molar-refractivity contribution < 1.29 is 32.6 Å². The van der Waals surface area contributed by atoms with Gasteiger partial charge in [0.15, 0.2) is 11.9 Å². The Bertz CT molecular complexity index is 1420. The molecule has 1 fully saturated rings. The molecule has 0 spiro atoms. The summed E-state index contributed by atoms with van der Waals surface area (Å²) in [6.07, 6.45) is -4.03. The Balaban J connectivity index is 1.71. The van der Waals surface area contributed by atoms with Crippen molar-refractivity contribution in [3.8, 4) is 23.2 Å². The minimum absolute atomic E-state index is 0.240. The molecule has 35 heavy (non-hydrogen) atoms. The van der Waals surface area contributed by atoms with Crippen molar-refractivity contribution in [2.45, 2.75) is 24.8 Å². The van der Waals surface area contributed by atoms with E-state index in [1.54, 1.807) is 37.4 Å². The number of benzene rings is 1. The molecule has 0 bridgehead atoms. The maximum atomic E-state index is 12.7. The molecule has 3 aromatic rings. The van der Waals surface area contributed by atoms with Crippen LogP contribution in [-0.4, -0.2) is 68.3 Å². The first-order chi connectivity index (χ1) is 16.4. The van der Waals surface area contributed by atoms with E-state index in [1.165, 1.54) is 13.2 Å². The van der Waals surface area contributed by atoms with E-state index in [9.17, 15) is 27.9 Å². The summed E-state index contributed by atoms with van der Waals surface area (Å²) in [6, 6.07) is 6.68. The molecule has 1 aromatic carbocycles. The Labute approximate surface area is 196 Å². The number of alkyl halides is 3. The van der Waals surface area contributed by atoms with Gasteiger partial charge in [0.1, 0.15) is 5.82 Å². The fourth-order valence-corrected chi connectivity index (χ4v) is 3.54. The maximum absolute atomic E-state index is 12.7. The minimum Gasteiger partial charge on any atom is -0.449 e. The third kappa shape index (κ3) is 4.45. The number of aromatic nitrogens is 3. The average Bonchev–Trinajstić information content (AvgIpc) is 3.01. The lowest BCUT2D eigenvalue weighted by molar-refractivity contribution is -0.209. The number of ether oxygens (including phenoxy) is 1. The van der Waals surface area contributed by atoms with Crippen LogP contribution in [0.3, 0.4) is 0 Å². The number of pyridine rings is 1. The number of carbonyl (C=O) groups is 2. The first-order valence-electron chi connectivity index (χ1n) is 10.2. The predicted molar refractivity (Wildman–Crippen MR) is 117 cm³/mol. The molecular weight excluding hydrogens is 467 g/mol. The van der Waals surface area contributed by atoms with Crippen LogP contribution < -0.4 is 5.73 Å². The van der Waals surface area contributed by atoms with E-state index >= 15 is 0 Å². The molecule has 0 saturated carbocycles. The number of hydrogen-bond acceptors (Lipinski definition) is 8. The number of anilines is 1. The SMILES string of the molecule is Cc1ccc(-c2nc(N)c3ccncc3n2)cc1C#C[C@]1(O)C(=O)N(C)CC1OC(=O)C(F)(F)F. The van der Waals surface area contributed by atoms with Crippen LogP contribution in [0.2, 0.25) is 0 Å². The number of hydrogen-bond donors (Lipinski definition) is 2. The number of likely N-dealkylation sites (N-methyl/N-ethyl adjacent to an activating group) is 1. The van der Waals surface area contributed by atoms with Crippen molar-refractivity contribution in [1.82, 2.24) is 19.9 Å². The van der Waals surface area contributed by atoms with Crippen LogP contribution in [0.1, 0.15) is 11.1 Å². The number of nitrogen functional groups attached to an aromatic ring is 1. The number of esters is 1. The molecule has 180 valence electrons. The van der Waals surface area contributed by atoms with E-state index in [-0.39, 0.29) is 11.6 Å². The molecular formula is C23H18F3N5O4. The molecule has 1 unspecified atom stereocenters. The number of likely N-dealkylation sites (tertiary alicyclic amines) is 1. The number of amides is 1. The first-order valence-corrected chi connectivity index (χ1v) is 10.2. The summed E-state index contributed by atoms with van der Waals surface area (Å²) >= 11 is 0. The predicted octanol–water partition coefficient (Wildman–Crippen LogP) is 1.61. The van der Waals surface area contributed by atoms with Crippen molar-refractivity contribution in [2.24, 2.45) is 0 Å². The lowest BCUT2D eigenvalue weighted by atomic mass is 9.98.